The third kappa shape index (κ3) is 2.39. The van der Waals surface area contributed by atoms with Crippen LogP contribution in [0.3, 0.4) is 0 Å². The maximum absolute atomic E-state index is 5.83. The Hall–Kier alpha value is -1.94. The number of hydrogen-bond acceptors (Lipinski definition) is 4. The number of thiazole rings is 1. The van der Waals surface area contributed by atoms with Crippen LogP contribution in [0, 0.1) is 5.92 Å². The van der Waals surface area contributed by atoms with Crippen LogP contribution < -0.4 is 4.74 Å². The molecule has 0 spiro atoms. The van der Waals surface area contributed by atoms with E-state index in [1.165, 1.54) is 17.5 Å². The third-order valence-electron chi connectivity index (χ3n) is 3.45. The zero-order valence-electron chi connectivity index (χ0n) is 11.0. The van der Waals surface area contributed by atoms with Gasteiger partial charge in [0, 0.05) is 11.8 Å². The summed E-state index contributed by atoms with van der Waals surface area (Å²) in [4.78, 5) is 8.74. The molecule has 2 aromatic heterocycles. The van der Waals surface area contributed by atoms with E-state index in [4.69, 9.17) is 4.74 Å². The lowest BCUT2D eigenvalue weighted by atomic mass is 10.2. The molecule has 0 unspecified atom stereocenters. The first kappa shape index (κ1) is 11.9. The zero-order valence-corrected chi connectivity index (χ0v) is 11.8. The molecule has 2 heterocycles. The number of pyridine rings is 1. The maximum Gasteiger partial charge on any atom is 0.124 e. The molecule has 1 aliphatic rings. The number of ether oxygens (including phenoxy) is 1. The van der Waals surface area contributed by atoms with Gasteiger partial charge in [-0.05, 0) is 37.0 Å². The van der Waals surface area contributed by atoms with Crippen LogP contribution in [0.2, 0.25) is 0 Å². The normalized spacial score (nSPS) is 14.6. The van der Waals surface area contributed by atoms with Gasteiger partial charge in [0.05, 0.1) is 17.5 Å². The summed E-state index contributed by atoms with van der Waals surface area (Å²) < 4.78 is 7.00. The highest BCUT2D eigenvalue weighted by Crippen LogP contribution is 2.33. The number of aromatic nitrogens is 2. The molecule has 0 N–H and O–H groups in total. The molecule has 1 saturated carbocycles. The molecule has 0 amide bonds. The average molecular weight is 282 g/mol. The molecule has 20 heavy (non-hydrogen) atoms. The van der Waals surface area contributed by atoms with Gasteiger partial charge >= 0.3 is 0 Å². The molecular formula is C16H14N2OS. The van der Waals surface area contributed by atoms with Crippen molar-refractivity contribution in [3.63, 3.8) is 0 Å². The van der Waals surface area contributed by atoms with E-state index in [1.807, 2.05) is 24.4 Å². The van der Waals surface area contributed by atoms with Crippen molar-refractivity contribution >= 4 is 21.6 Å². The summed E-state index contributed by atoms with van der Waals surface area (Å²) in [5, 5.41) is 1.02. The molecule has 0 bridgehead atoms. The van der Waals surface area contributed by atoms with Crippen LogP contribution in [0.5, 0.6) is 5.75 Å². The van der Waals surface area contributed by atoms with Crippen molar-refractivity contribution in [2.24, 2.45) is 5.92 Å². The Balaban J connectivity index is 1.64. The molecule has 0 radical (unpaired) electrons. The number of fused-ring (bicyclic) bond motifs is 1. The summed E-state index contributed by atoms with van der Waals surface area (Å²) in [5.41, 5.74) is 2.07. The fraction of sp³-hybridized carbons (Fsp3) is 0.250. The van der Waals surface area contributed by atoms with E-state index in [0.717, 1.165) is 34.4 Å². The lowest BCUT2D eigenvalue weighted by Gasteiger charge is -2.05. The molecule has 100 valence electrons. The SMILES string of the molecule is c1cc(OCC2CC2)cc(-c2nc3cnccc3s2)c1. The minimum absolute atomic E-state index is 0.771. The van der Waals surface area contributed by atoms with Crippen LogP contribution in [0.1, 0.15) is 12.8 Å². The Morgan fingerprint density at radius 1 is 1.25 bits per heavy atom. The highest BCUT2D eigenvalue weighted by molar-refractivity contribution is 7.21. The molecule has 0 saturated heterocycles. The van der Waals surface area contributed by atoms with Crippen LogP contribution in [-0.2, 0) is 0 Å². The van der Waals surface area contributed by atoms with Gasteiger partial charge in [-0.2, -0.15) is 0 Å². The van der Waals surface area contributed by atoms with Gasteiger partial charge in [0.2, 0.25) is 0 Å². The first-order chi connectivity index (χ1) is 9.88. The Morgan fingerprint density at radius 3 is 3.05 bits per heavy atom. The van der Waals surface area contributed by atoms with E-state index in [0.29, 0.717) is 0 Å². The van der Waals surface area contributed by atoms with Gasteiger partial charge in [0.15, 0.2) is 0 Å². The van der Waals surface area contributed by atoms with E-state index in [1.54, 1.807) is 17.5 Å². The smallest absolute Gasteiger partial charge is 0.124 e. The van der Waals surface area contributed by atoms with E-state index < -0.39 is 0 Å². The first-order valence-corrected chi connectivity index (χ1v) is 7.64. The number of rotatable bonds is 4. The molecule has 4 heteroatoms. The van der Waals surface area contributed by atoms with E-state index in [9.17, 15) is 0 Å². The van der Waals surface area contributed by atoms with Gasteiger partial charge in [-0.1, -0.05) is 12.1 Å². The Labute approximate surface area is 121 Å². The minimum atomic E-state index is 0.771. The maximum atomic E-state index is 5.83. The molecule has 1 aliphatic carbocycles. The minimum Gasteiger partial charge on any atom is -0.493 e. The summed E-state index contributed by atoms with van der Waals surface area (Å²) in [6, 6.07) is 10.2. The second-order valence-electron chi connectivity index (χ2n) is 5.14. The van der Waals surface area contributed by atoms with E-state index in [-0.39, 0.29) is 0 Å². The molecule has 3 nitrogen and oxygen atoms in total. The van der Waals surface area contributed by atoms with Crippen molar-refractivity contribution in [2.75, 3.05) is 6.61 Å². The summed E-state index contributed by atoms with van der Waals surface area (Å²) in [7, 11) is 0. The molecule has 0 atom stereocenters. The Kier molecular flexibility index (Phi) is 2.89. The van der Waals surface area contributed by atoms with Gasteiger partial charge in [-0.15, -0.1) is 11.3 Å². The predicted molar refractivity (Wildman–Crippen MR) is 81.1 cm³/mol. The molecule has 4 rings (SSSR count). The van der Waals surface area contributed by atoms with Crippen LogP contribution >= 0.6 is 11.3 Å². The standard InChI is InChI=1S/C16H14N2OS/c1-2-12(8-13(3-1)19-10-11-4-5-11)16-18-14-9-17-7-6-15(14)20-16/h1-3,6-9,11H,4-5,10H2. The third-order valence-corrected chi connectivity index (χ3v) is 4.54. The molecule has 1 aromatic carbocycles. The number of nitrogens with zero attached hydrogens (tertiary/aromatic N) is 2. The fourth-order valence-electron chi connectivity index (χ4n) is 2.12. The predicted octanol–water partition coefficient (Wildman–Crippen LogP) is 4.15. The van der Waals surface area contributed by atoms with Gasteiger partial charge in [0.1, 0.15) is 16.3 Å². The highest BCUT2D eigenvalue weighted by Gasteiger charge is 2.21. The lowest BCUT2D eigenvalue weighted by molar-refractivity contribution is 0.300. The lowest BCUT2D eigenvalue weighted by Crippen LogP contribution is -1.98. The van der Waals surface area contributed by atoms with Crippen molar-refractivity contribution < 1.29 is 4.74 Å². The van der Waals surface area contributed by atoms with Crippen molar-refractivity contribution in [2.45, 2.75) is 12.8 Å². The Morgan fingerprint density at radius 2 is 2.20 bits per heavy atom. The average Bonchev–Trinajstić information content (AvgIpc) is 3.22. The van der Waals surface area contributed by atoms with Crippen LogP contribution in [0.25, 0.3) is 20.8 Å². The largest absolute Gasteiger partial charge is 0.493 e. The van der Waals surface area contributed by atoms with Gasteiger partial charge in [-0.25, -0.2) is 4.98 Å². The van der Waals surface area contributed by atoms with Crippen molar-refractivity contribution in [3.8, 4) is 16.3 Å². The summed E-state index contributed by atoms with van der Waals surface area (Å²) >= 11 is 1.69. The van der Waals surface area contributed by atoms with Crippen LogP contribution in [0.4, 0.5) is 0 Å². The van der Waals surface area contributed by atoms with E-state index in [2.05, 4.69) is 22.1 Å². The molecule has 1 fully saturated rings. The van der Waals surface area contributed by atoms with Gasteiger partial charge in [-0.3, -0.25) is 4.98 Å². The molecule has 3 aromatic rings. The van der Waals surface area contributed by atoms with Crippen molar-refractivity contribution in [1.29, 1.82) is 0 Å². The quantitative estimate of drug-likeness (QED) is 0.721. The summed E-state index contributed by atoms with van der Waals surface area (Å²) in [5.74, 6) is 1.71. The topological polar surface area (TPSA) is 35.0 Å². The monoisotopic (exact) mass is 282 g/mol. The number of hydrogen-bond donors (Lipinski definition) is 0. The second kappa shape index (κ2) is 4.87. The van der Waals surface area contributed by atoms with Crippen molar-refractivity contribution in [3.05, 3.63) is 42.7 Å². The highest BCUT2D eigenvalue weighted by atomic mass is 32.1. The molecular weight excluding hydrogens is 268 g/mol. The van der Waals surface area contributed by atoms with E-state index >= 15 is 0 Å². The number of benzene rings is 1. The molecule has 0 aliphatic heterocycles. The summed E-state index contributed by atoms with van der Waals surface area (Å²) in [6.45, 7) is 0.840. The summed E-state index contributed by atoms with van der Waals surface area (Å²) in [6.07, 6.45) is 6.23. The van der Waals surface area contributed by atoms with Crippen LogP contribution in [-0.4, -0.2) is 16.6 Å². The zero-order chi connectivity index (χ0) is 13.4. The second-order valence-corrected chi connectivity index (χ2v) is 6.18. The van der Waals surface area contributed by atoms with Gasteiger partial charge in [0.25, 0.3) is 0 Å². The van der Waals surface area contributed by atoms with Gasteiger partial charge < -0.3 is 4.74 Å². The first-order valence-electron chi connectivity index (χ1n) is 6.82. The van der Waals surface area contributed by atoms with Crippen molar-refractivity contribution in [1.82, 2.24) is 9.97 Å². The Bertz CT molecular complexity index is 716. The fourth-order valence-corrected chi connectivity index (χ4v) is 3.05. The van der Waals surface area contributed by atoms with Crippen LogP contribution in [0.15, 0.2) is 42.7 Å².